The number of hydrogen-bond acceptors (Lipinski definition) is 4. The summed E-state index contributed by atoms with van der Waals surface area (Å²) in [5.74, 6) is 1.45. The second kappa shape index (κ2) is 11.0. The summed E-state index contributed by atoms with van der Waals surface area (Å²) in [5, 5.41) is 5.91. The maximum atomic E-state index is 12.6. The maximum Gasteiger partial charge on any atom is 0.261 e. The van der Waals surface area contributed by atoms with Crippen LogP contribution in [0.4, 0.5) is 5.69 Å². The molecule has 28 heavy (non-hydrogen) atoms. The van der Waals surface area contributed by atoms with Crippen LogP contribution in [0.5, 0.6) is 11.5 Å². The summed E-state index contributed by atoms with van der Waals surface area (Å²) < 4.78 is 12.1. The molecule has 0 spiro atoms. The van der Waals surface area contributed by atoms with Crippen molar-refractivity contribution in [1.82, 2.24) is 5.32 Å². The molecule has 0 fully saturated rings. The van der Waals surface area contributed by atoms with Crippen molar-refractivity contribution >= 4 is 44.9 Å². The maximum absolute atomic E-state index is 12.6. The molecule has 0 aromatic heterocycles. The van der Waals surface area contributed by atoms with Gasteiger partial charge in [-0.15, -0.1) is 0 Å². The van der Waals surface area contributed by atoms with Crippen molar-refractivity contribution in [3.05, 3.63) is 52.5 Å². The predicted octanol–water partition coefficient (Wildman–Crippen LogP) is 5.40. The Morgan fingerprint density at radius 2 is 1.86 bits per heavy atom. The number of thiocarbonyl (C=S) groups is 1. The van der Waals surface area contributed by atoms with Crippen LogP contribution in [-0.2, 0) is 0 Å². The van der Waals surface area contributed by atoms with E-state index in [0.29, 0.717) is 30.4 Å². The van der Waals surface area contributed by atoms with E-state index in [0.717, 1.165) is 22.3 Å². The lowest BCUT2D eigenvalue weighted by Gasteiger charge is -2.14. The van der Waals surface area contributed by atoms with Crippen molar-refractivity contribution in [3.63, 3.8) is 0 Å². The zero-order chi connectivity index (χ0) is 20.5. The fourth-order valence-corrected chi connectivity index (χ4v) is 2.82. The molecule has 5 nitrogen and oxygen atoms in total. The molecule has 0 saturated carbocycles. The number of nitrogens with one attached hydrogen (secondary N) is 2. The van der Waals surface area contributed by atoms with Gasteiger partial charge < -0.3 is 14.8 Å². The standard InChI is InChI=1S/C21H25BrN2O3S/c1-4-11-26-19-10-5-15(22)12-18(19)20(25)24-21(28)23-16-6-8-17(9-7-16)27-13-14(2)3/h5-10,12,14H,4,11,13H2,1-3H3,(H2,23,24,25,28). The molecule has 150 valence electrons. The molecule has 1 amide bonds. The molecule has 2 N–H and O–H groups in total. The molecule has 0 atom stereocenters. The fraction of sp³-hybridized carbons (Fsp3) is 0.333. The van der Waals surface area contributed by atoms with Crippen LogP contribution in [0.15, 0.2) is 46.9 Å². The normalized spacial score (nSPS) is 10.5. The molecule has 0 unspecified atom stereocenters. The first-order valence-electron chi connectivity index (χ1n) is 9.16. The van der Waals surface area contributed by atoms with Crippen LogP contribution < -0.4 is 20.1 Å². The topological polar surface area (TPSA) is 59.6 Å². The Labute approximate surface area is 179 Å². The van der Waals surface area contributed by atoms with Gasteiger partial charge in [-0.25, -0.2) is 0 Å². The van der Waals surface area contributed by atoms with E-state index < -0.39 is 0 Å². The van der Waals surface area contributed by atoms with Crippen molar-refractivity contribution in [1.29, 1.82) is 0 Å². The SMILES string of the molecule is CCCOc1ccc(Br)cc1C(=O)NC(=S)Nc1ccc(OCC(C)C)cc1. The monoisotopic (exact) mass is 464 g/mol. The largest absolute Gasteiger partial charge is 0.493 e. The van der Waals surface area contributed by atoms with Crippen LogP contribution in [0.25, 0.3) is 0 Å². The number of anilines is 1. The highest BCUT2D eigenvalue weighted by Crippen LogP contribution is 2.23. The Kier molecular flexibility index (Phi) is 8.73. The Hall–Kier alpha value is -2.12. The Balaban J connectivity index is 1.97. The van der Waals surface area contributed by atoms with Crippen LogP contribution in [0.1, 0.15) is 37.6 Å². The van der Waals surface area contributed by atoms with E-state index in [-0.39, 0.29) is 11.0 Å². The molecular formula is C21H25BrN2O3S. The summed E-state index contributed by atoms with van der Waals surface area (Å²) in [4.78, 5) is 12.6. The Morgan fingerprint density at radius 1 is 1.14 bits per heavy atom. The molecule has 2 aromatic carbocycles. The lowest BCUT2D eigenvalue weighted by molar-refractivity contribution is 0.0973. The van der Waals surface area contributed by atoms with Crippen molar-refractivity contribution in [3.8, 4) is 11.5 Å². The Bertz CT molecular complexity index is 810. The van der Waals surface area contributed by atoms with Crippen molar-refractivity contribution in [2.45, 2.75) is 27.2 Å². The summed E-state index contributed by atoms with van der Waals surface area (Å²) >= 11 is 8.65. The molecular weight excluding hydrogens is 440 g/mol. The zero-order valence-corrected chi connectivity index (χ0v) is 18.7. The Morgan fingerprint density at radius 3 is 2.50 bits per heavy atom. The van der Waals surface area contributed by atoms with Crippen LogP contribution in [-0.4, -0.2) is 24.2 Å². The van der Waals surface area contributed by atoms with Crippen molar-refractivity contribution in [2.75, 3.05) is 18.5 Å². The highest BCUT2D eigenvalue weighted by atomic mass is 79.9. The number of benzene rings is 2. The number of carbonyl (C=O) groups is 1. The number of hydrogen-bond donors (Lipinski definition) is 2. The molecule has 0 aliphatic carbocycles. The molecule has 2 rings (SSSR count). The van der Waals surface area contributed by atoms with Gasteiger partial charge in [-0.1, -0.05) is 36.7 Å². The summed E-state index contributed by atoms with van der Waals surface area (Å²) in [6.07, 6.45) is 0.855. The molecule has 2 aromatic rings. The number of ether oxygens (including phenoxy) is 2. The van der Waals surface area contributed by atoms with Crippen LogP contribution >= 0.6 is 28.1 Å². The third-order valence-electron chi connectivity index (χ3n) is 3.57. The van der Waals surface area contributed by atoms with Crippen LogP contribution in [0, 0.1) is 5.92 Å². The van der Waals surface area contributed by atoms with Crippen LogP contribution in [0.3, 0.4) is 0 Å². The van der Waals surface area contributed by atoms with E-state index in [2.05, 4.69) is 40.4 Å². The zero-order valence-electron chi connectivity index (χ0n) is 16.3. The van der Waals surface area contributed by atoms with E-state index in [1.165, 1.54) is 0 Å². The summed E-state index contributed by atoms with van der Waals surface area (Å²) in [7, 11) is 0. The first-order chi connectivity index (χ1) is 13.4. The average Bonchev–Trinajstić information content (AvgIpc) is 2.66. The van der Waals surface area contributed by atoms with Gasteiger partial charge in [0.15, 0.2) is 5.11 Å². The molecule has 0 heterocycles. The van der Waals surface area contributed by atoms with E-state index in [9.17, 15) is 4.79 Å². The smallest absolute Gasteiger partial charge is 0.261 e. The van der Waals surface area contributed by atoms with E-state index in [1.807, 2.05) is 37.3 Å². The van der Waals surface area contributed by atoms with Gasteiger partial charge in [0, 0.05) is 10.2 Å². The summed E-state index contributed by atoms with van der Waals surface area (Å²) in [6.45, 7) is 7.41. The lowest BCUT2D eigenvalue weighted by Crippen LogP contribution is -2.34. The minimum absolute atomic E-state index is 0.210. The third kappa shape index (κ3) is 7.13. The van der Waals surface area contributed by atoms with Gasteiger partial charge in [-0.2, -0.15) is 0 Å². The van der Waals surface area contributed by atoms with Gasteiger partial charge >= 0.3 is 0 Å². The summed E-state index contributed by atoms with van der Waals surface area (Å²) in [6, 6.07) is 12.7. The molecule has 0 radical (unpaired) electrons. The van der Waals surface area contributed by atoms with Gasteiger partial charge in [0.1, 0.15) is 11.5 Å². The fourth-order valence-electron chi connectivity index (χ4n) is 2.25. The number of halogens is 1. The van der Waals surface area contributed by atoms with Gasteiger partial charge in [-0.3, -0.25) is 10.1 Å². The first-order valence-corrected chi connectivity index (χ1v) is 10.4. The molecule has 7 heteroatoms. The molecule has 0 saturated heterocycles. The second-order valence-electron chi connectivity index (χ2n) is 6.63. The lowest BCUT2D eigenvalue weighted by atomic mass is 10.2. The highest BCUT2D eigenvalue weighted by molar-refractivity contribution is 9.10. The molecule has 0 aliphatic rings. The predicted molar refractivity (Wildman–Crippen MR) is 120 cm³/mol. The highest BCUT2D eigenvalue weighted by Gasteiger charge is 2.15. The van der Waals surface area contributed by atoms with E-state index in [4.69, 9.17) is 21.7 Å². The minimum Gasteiger partial charge on any atom is -0.493 e. The van der Waals surface area contributed by atoms with Gasteiger partial charge in [-0.05, 0) is 67.0 Å². The summed E-state index contributed by atoms with van der Waals surface area (Å²) in [5.41, 5.74) is 1.18. The third-order valence-corrected chi connectivity index (χ3v) is 4.27. The number of amides is 1. The minimum atomic E-state index is -0.332. The first kappa shape index (κ1) is 22.2. The average molecular weight is 465 g/mol. The molecule has 0 aliphatic heterocycles. The van der Waals surface area contributed by atoms with E-state index >= 15 is 0 Å². The molecule has 0 bridgehead atoms. The van der Waals surface area contributed by atoms with Crippen LogP contribution in [0.2, 0.25) is 0 Å². The second-order valence-corrected chi connectivity index (χ2v) is 7.95. The van der Waals surface area contributed by atoms with Gasteiger partial charge in [0.05, 0.1) is 18.8 Å². The number of carbonyl (C=O) groups excluding carboxylic acids is 1. The quantitative estimate of drug-likeness (QED) is 0.512. The van der Waals surface area contributed by atoms with E-state index in [1.54, 1.807) is 12.1 Å². The van der Waals surface area contributed by atoms with Gasteiger partial charge in [0.2, 0.25) is 0 Å². The van der Waals surface area contributed by atoms with Gasteiger partial charge in [0.25, 0.3) is 5.91 Å². The van der Waals surface area contributed by atoms with Crippen molar-refractivity contribution in [2.24, 2.45) is 5.92 Å². The number of rotatable bonds is 8. The van der Waals surface area contributed by atoms with Crippen molar-refractivity contribution < 1.29 is 14.3 Å².